The molecule has 28 heavy (non-hydrogen) atoms. The molecule has 1 fully saturated rings. The van der Waals surface area contributed by atoms with Crippen LogP contribution in [0.5, 0.6) is 11.5 Å². The molecule has 0 bridgehead atoms. The molecule has 2 aromatic rings. The fourth-order valence-electron chi connectivity index (χ4n) is 3.46. The molecule has 1 atom stereocenters. The molecular weight excluding hydrogens is 352 g/mol. The van der Waals surface area contributed by atoms with Gasteiger partial charge in [0, 0.05) is 13.1 Å². The lowest BCUT2D eigenvalue weighted by molar-refractivity contribution is -0.128. The van der Waals surface area contributed by atoms with E-state index in [-0.39, 0.29) is 5.91 Å². The summed E-state index contributed by atoms with van der Waals surface area (Å²) in [5.41, 5.74) is 2.41. The van der Waals surface area contributed by atoms with Crippen LogP contribution in [-0.2, 0) is 17.9 Å². The van der Waals surface area contributed by atoms with Crippen molar-refractivity contribution < 1.29 is 14.3 Å². The maximum Gasteiger partial charge on any atom is 0.261 e. The number of methoxy groups -OCH3 is 1. The van der Waals surface area contributed by atoms with E-state index in [4.69, 9.17) is 9.47 Å². The van der Waals surface area contributed by atoms with E-state index in [1.165, 1.54) is 31.5 Å². The van der Waals surface area contributed by atoms with E-state index in [0.29, 0.717) is 24.5 Å². The fourth-order valence-corrected chi connectivity index (χ4v) is 3.46. The summed E-state index contributed by atoms with van der Waals surface area (Å²) in [7, 11) is 1.59. The minimum Gasteiger partial charge on any atom is -0.493 e. The number of hydrogen-bond acceptors (Lipinski definition) is 4. The third-order valence-corrected chi connectivity index (χ3v) is 5.10. The van der Waals surface area contributed by atoms with Gasteiger partial charge < -0.3 is 14.8 Å². The van der Waals surface area contributed by atoms with Crippen LogP contribution in [0.2, 0.25) is 0 Å². The Labute approximate surface area is 167 Å². The highest BCUT2D eigenvalue weighted by molar-refractivity contribution is 5.81. The zero-order chi connectivity index (χ0) is 19.8. The van der Waals surface area contributed by atoms with Gasteiger partial charge in [-0.25, -0.2) is 0 Å². The third-order valence-electron chi connectivity index (χ3n) is 5.10. The van der Waals surface area contributed by atoms with Gasteiger partial charge in [0.15, 0.2) is 17.6 Å². The maximum atomic E-state index is 12.6. The zero-order valence-corrected chi connectivity index (χ0v) is 16.8. The molecule has 0 radical (unpaired) electrons. The van der Waals surface area contributed by atoms with E-state index < -0.39 is 6.10 Å². The van der Waals surface area contributed by atoms with Crippen molar-refractivity contribution in [2.45, 2.75) is 45.4 Å². The summed E-state index contributed by atoms with van der Waals surface area (Å²) in [4.78, 5) is 15.0. The first-order valence-corrected chi connectivity index (χ1v) is 10.1. The van der Waals surface area contributed by atoms with Gasteiger partial charge >= 0.3 is 0 Å². The van der Waals surface area contributed by atoms with E-state index in [1.807, 2.05) is 31.2 Å². The van der Waals surface area contributed by atoms with E-state index in [9.17, 15) is 4.79 Å². The number of nitrogens with one attached hydrogen (secondary N) is 1. The van der Waals surface area contributed by atoms with Crippen LogP contribution in [0.4, 0.5) is 0 Å². The smallest absolute Gasteiger partial charge is 0.261 e. The second-order valence-corrected chi connectivity index (χ2v) is 7.18. The topological polar surface area (TPSA) is 50.8 Å². The van der Waals surface area contributed by atoms with Gasteiger partial charge in [-0.3, -0.25) is 9.69 Å². The van der Waals surface area contributed by atoms with Crippen molar-refractivity contribution in [2.75, 3.05) is 20.2 Å². The van der Waals surface area contributed by atoms with Gasteiger partial charge in [0.25, 0.3) is 5.91 Å². The van der Waals surface area contributed by atoms with E-state index in [1.54, 1.807) is 7.11 Å². The first-order valence-electron chi connectivity index (χ1n) is 10.1. The first kappa shape index (κ1) is 20.2. The van der Waals surface area contributed by atoms with Crippen LogP contribution < -0.4 is 14.8 Å². The molecule has 1 amide bonds. The molecule has 0 unspecified atom stereocenters. The van der Waals surface area contributed by atoms with E-state index in [2.05, 4.69) is 34.5 Å². The molecule has 1 saturated heterocycles. The highest BCUT2D eigenvalue weighted by atomic mass is 16.5. The lowest BCUT2D eigenvalue weighted by atomic mass is 10.1. The molecule has 2 aromatic carbocycles. The quantitative estimate of drug-likeness (QED) is 0.717. The monoisotopic (exact) mass is 382 g/mol. The van der Waals surface area contributed by atoms with Crippen molar-refractivity contribution in [1.29, 1.82) is 0 Å². The number of amides is 1. The molecule has 5 heteroatoms. The van der Waals surface area contributed by atoms with Crippen LogP contribution in [0.3, 0.4) is 0 Å². The largest absolute Gasteiger partial charge is 0.493 e. The molecule has 0 aromatic heterocycles. The predicted octanol–water partition coefficient (Wildman–Crippen LogP) is 3.76. The number of benzene rings is 2. The van der Waals surface area contributed by atoms with Crippen LogP contribution in [0.25, 0.3) is 0 Å². The molecular formula is C23H30N2O3. The van der Waals surface area contributed by atoms with Crippen LogP contribution in [0.15, 0.2) is 48.5 Å². The molecule has 0 aliphatic carbocycles. The second-order valence-electron chi connectivity index (χ2n) is 7.18. The number of ether oxygens (including phenoxy) is 2. The normalized spacial score (nSPS) is 15.2. The van der Waals surface area contributed by atoms with Crippen LogP contribution in [-0.4, -0.2) is 37.1 Å². The van der Waals surface area contributed by atoms with Gasteiger partial charge in [0.05, 0.1) is 7.11 Å². The summed E-state index contributed by atoms with van der Waals surface area (Å²) in [6.07, 6.45) is 2.64. The predicted molar refractivity (Wildman–Crippen MR) is 111 cm³/mol. The summed E-state index contributed by atoms with van der Waals surface area (Å²) in [5.74, 6) is 1.09. The number of nitrogens with zero attached hydrogens (tertiary/aromatic N) is 1. The lowest BCUT2D eigenvalue weighted by Crippen LogP contribution is -2.37. The van der Waals surface area contributed by atoms with Gasteiger partial charge in [-0.05, 0) is 55.6 Å². The van der Waals surface area contributed by atoms with Crippen molar-refractivity contribution in [1.82, 2.24) is 10.2 Å². The van der Waals surface area contributed by atoms with Crippen molar-refractivity contribution in [3.63, 3.8) is 0 Å². The number of para-hydroxylation sites is 2. The molecule has 0 spiro atoms. The summed E-state index contributed by atoms with van der Waals surface area (Å²) >= 11 is 0. The Morgan fingerprint density at radius 3 is 2.32 bits per heavy atom. The Balaban J connectivity index is 1.51. The summed E-state index contributed by atoms with van der Waals surface area (Å²) < 4.78 is 11.2. The lowest BCUT2D eigenvalue weighted by Gasteiger charge is -2.19. The highest BCUT2D eigenvalue weighted by Gasteiger charge is 2.19. The van der Waals surface area contributed by atoms with Gasteiger partial charge in [-0.1, -0.05) is 43.3 Å². The SMILES string of the molecule is CC[C@H](Oc1ccccc1OC)C(=O)NCc1ccc(CN2CCCC2)cc1. The van der Waals surface area contributed by atoms with E-state index in [0.717, 1.165) is 12.1 Å². The Morgan fingerprint density at radius 1 is 1.04 bits per heavy atom. The number of hydrogen-bond donors (Lipinski definition) is 1. The highest BCUT2D eigenvalue weighted by Crippen LogP contribution is 2.27. The number of rotatable bonds is 9. The Bertz CT molecular complexity index is 755. The second kappa shape index (κ2) is 10.1. The summed E-state index contributed by atoms with van der Waals surface area (Å²) in [5, 5.41) is 2.99. The molecule has 1 N–H and O–H groups in total. The summed E-state index contributed by atoms with van der Waals surface area (Å²) in [6.45, 7) is 5.84. The van der Waals surface area contributed by atoms with E-state index >= 15 is 0 Å². The molecule has 3 rings (SSSR count). The standard InChI is InChI=1S/C23H30N2O3/c1-3-20(28-22-9-5-4-8-21(22)27-2)23(26)24-16-18-10-12-19(13-11-18)17-25-14-6-7-15-25/h4-5,8-13,20H,3,6-7,14-17H2,1-2H3,(H,24,26)/t20-/m0/s1. The number of carbonyl (C=O) groups is 1. The minimum atomic E-state index is -0.550. The molecule has 5 nitrogen and oxygen atoms in total. The Kier molecular flexibility index (Phi) is 7.31. The Morgan fingerprint density at radius 2 is 1.68 bits per heavy atom. The van der Waals surface area contributed by atoms with Gasteiger partial charge in [-0.2, -0.15) is 0 Å². The van der Waals surface area contributed by atoms with Gasteiger partial charge in [0.1, 0.15) is 0 Å². The Hall–Kier alpha value is -2.53. The minimum absolute atomic E-state index is 0.116. The average molecular weight is 383 g/mol. The molecule has 0 saturated carbocycles. The molecule has 1 heterocycles. The molecule has 150 valence electrons. The van der Waals surface area contributed by atoms with Crippen LogP contribution in [0, 0.1) is 0 Å². The number of carbonyl (C=O) groups excluding carboxylic acids is 1. The van der Waals surface area contributed by atoms with Gasteiger partial charge in [-0.15, -0.1) is 0 Å². The molecule has 1 aliphatic rings. The molecule has 1 aliphatic heterocycles. The van der Waals surface area contributed by atoms with Crippen molar-refractivity contribution in [3.8, 4) is 11.5 Å². The van der Waals surface area contributed by atoms with Crippen LogP contribution >= 0.6 is 0 Å². The fraction of sp³-hybridized carbons (Fsp3) is 0.435. The average Bonchev–Trinajstić information content (AvgIpc) is 3.24. The zero-order valence-electron chi connectivity index (χ0n) is 16.8. The van der Waals surface area contributed by atoms with Crippen molar-refractivity contribution in [3.05, 3.63) is 59.7 Å². The van der Waals surface area contributed by atoms with Crippen molar-refractivity contribution >= 4 is 5.91 Å². The van der Waals surface area contributed by atoms with Crippen molar-refractivity contribution in [2.24, 2.45) is 0 Å². The number of likely N-dealkylation sites (tertiary alicyclic amines) is 1. The third kappa shape index (κ3) is 5.49. The maximum absolute atomic E-state index is 12.6. The summed E-state index contributed by atoms with van der Waals surface area (Å²) in [6, 6.07) is 15.9. The first-order chi connectivity index (χ1) is 13.7. The van der Waals surface area contributed by atoms with Crippen LogP contribution in [0.1, 0.15) is 37.3 Å². The van der Waals surface area contributed by atoms with Gasteiger partial charge in [0.2, 0.25) is 0 Å².